The zero-order valence-electron chi connectivity index (χ0n) is 12.4. The Bertz CT molecular complexity index is 233. The Morgan fingerprint density at radius 3 is 2.39 bits per heavy atom. The molecule has 0 saturated heterocycles. The molecule has 106 valence electrons. The van der Waals surface area contributed by atoms with Gasteiger partial charge in [-0.2, -0.15) is 0 Å². The maximum absolute atomic E-state index is 5.99. The Morgan fingerprint density at radius 1 is 1.06 bits per heavy atom. The van der Waals surface area contributed by atoms with Crippen LogP contribution < -0.4 is 5.73 Å². The molecule has 2 aliphatic carbocycles. The second-order valence-corrected chi connectivity index (χ2v) is 6.85. The number of hydrogen-bond donors (Lipinski definition) is 1. The van der Waals surface area contributed by atoms with Gasteiger partial charge in [0.2, 0.25) is 0 Å². The maximum Gasteiger partial charge on any atom is 0.0138 e. The van der Waals surface area contributed by atoms with E-state index in [1.165, 1.54) is 57.9 Å². The Balaban J connectivity index is 1.98. The molecule has 2 fully saturated rings. The van der Waals surface area contributed by atoms with Crippen molar-refractivity contribution in [1.29, 1.82) is 0 Å². The first-order chi connectivity index (χ1) is 8.72. The molecule has 0 amide bonds. The molecule has 2 nitrogen and oxygen atoms in total. The molecule has 0 bridgehead atoms. The van der Waals surface area contributed by atoms with Gasteiger partial charge >= 0.3 is 0 Å². The van der Waals surface area contributed by atoms with Crippen molar-refractivity contribution in [2.45, 2.75) is 77.3 Å². The zero-order valence-corrected chi connectivity index (χ0v) is 12.4. The molecule has 18 heavy (non-hydrogen) atoms. The second kappa shape index (κ2) is 6.91. The summed E-state index contributed by atoms with van der Waals surface area (Å²) in [6, 6.07) is 1.68. The van der Waals surface area contributed by atoms with Crippen molar-refractivity contribution in [1.82, 2.24) is 4.90 Å². The average molecular weight is 252 g/mol. The van der Waals surface area contributed by atoms with Crippen LogP contribution in [0.2, 0.25) is 0 Å². The quantitative estimate of drug-likeness (QED) is 0.785. The van der Waals surface area contributed by atoms with Gasteiger partial charge in [-0.25, -0.2) is 0 Å². The van der Waals surface area contributed by atoms with E-state index in [4.69, 9.17) is 5.73 Å². The summed E-state index contributed by atoms with van der Waals surface area (Å²) in [5, 5.41) is 0. The van der Waals surface area contributed by atoms with Crippen LogP contribution in [-0.4, -0.2) is 30.1 Å². The predicted octanol–water partition coefficient (Wildman–Crippen LogP) is 3.40. The van der Waals surface area contributed by atoms with E-state index < -0.39 is 0 Å². The lowest BCUT2D eigenvalue weighted by atomic mass is 9.98. The Morgan fingerprint density at radius 2 is 1.78 bits per heavy atom. The van der Waals surface area contributed by atoms with E-state index in [1.54, 1.807) is 0 Å². The van der Waals surface area contributed by atoms with Crippen LogP contribution in [0.4, 0.5) is 0 Å². The van der Waals surface area contributed by atoms with Crippen LogP contribution in [0.1, 0.15) is 65.2 Å². The van der Waals surface area contributed by atoms with Crippen molar-refractivity contribution < 1.29 is 0 Å². The van der Waals surface area contributed by atoms with E-state index in [0.717, 1.165) is 30.5 Å². The van der Waals surface area contributed by atoms with Crippen molar-refractivity contribution in [3.63, 3.8) is 0 Å². The summed E-state index contributed by atoms with van der Waals surface area (Å²) in [6.45, 7) is 6.91. The molecule has 0 aliphatic heterocycles. The molecule has 0 heterocycles. The SMILES string of the molecule is CC(C)CCN(C1CCCC1)C1CCCC1CN. The smallest absolute Gasteiger partial charge is 0.0138 e. The molecule has 2 N–H and O–H groups in total. The number of nitrogens with zero attached hydrogens (tertiary/aromatic N) is 1. The minimum atomic E-state index is 0.776. The van der Waals surface area contributed by atoms with Gasteiger partial charge in [0.05, 0.1) is 0 Å². The van der Waals surface area contributed by atoms with Crippen molar-refractivity contribution in [2.24, 2.45) is 17.6 Å². The van der Waals surface area contributed by atoms with Crippen LogP contribution in [0.3, 0.4) is 0 Å². The standard InChI is InChI=1S/C16H32N2/c1-13(2)10-11-18(15-7-3-4-8-15)16-9-5-6-14(16)12-17/h13-16H,3-12,17H2,1-2H3. The molecule has 0 aromatic rings. The van der Waals surface area contributed by atoms with Crippen molar-refractivity contribution in [2.75, 3.05) is 13.1 Å². The summed E-state index contributed by atoms with van der Waals surface area (Å²) in [6.07, 6.45) is 11.3. The van der Waals surface area contributed by atoms with Crippen molar-refractivity contribution in [3.8, 4) is 0 Å². The summed E-state index contributed by atoms with van der Waals surface area (Å²) >= 11 is 0. The molecule has 0 radical (unpaired) electrons. The first kappa shape index (κ1) is 14.3. The minimum absolute atomic E-state index is 0.776. The van der Waals surface area contributed by atoms with Gasteiger partial charge in [0.1, 0.15) is 0 Å². The fourth-order valence-corrected chi connectivity index (χ4v) is 3.99. The van der Waals surface area contributed by atoms with E-state index in [0.29, 0.717) is 0 Å². The molecular formula is C16H32N2. The zero-order chi connectivity index (χ0) is 13.0. The Kier molecular flexibility index (Phi) is 5.50. The summed E-state index contributed by atoms with van der Waals surface area (Å²) in [5.41, 5.74) is 5.99. The molecule has 2 aliphatic rings. The number of nitrogens with two attached hydrogens (primary N) is 1. The summed E-state index contributed by atoms with van der Waals surface area (Å²) in [7, 11) is 0. The molecule has 2 saturated carbocycles. The van der Waals surface area contributed by atoms with Gasteiger partial charge < -0.3 is 5.73 Å². The predicted molar refractivity (Wildman–Crippen MR) is 78.6 cm³/mol. The Labute approximate surface area is 113 Å². The van der Waals surface area contributed by atoms with Gasteiger partial charge in [-0.1, -0.05) is 33.1 Å². The number of rotatable bonds is 6. The van der Waals surface area contributed by atoms with Gasteiger partial charge in [-0.05, 0) is 57.0 Å². The van der Waals surface area contributed by atoms with Crippen LogP contribution in [-0.2, 0) is 0 Å². The van der Waals surface area contributed by atoms with Crippen LogP contribution in [0.15, 0.2) is 0 Å². The van der Waals surface area contributed by atoms with E-state index in [2.05, 4.69) is 18.7 Å². The molecule has 0 spiro atoms. The van der Waals surface area contributed by atoms with Gasteiger partial charge in [0, 0.05) is 12.1 Å². The van der Waals surface area contributed by atoms with Gasteiger partial charge in [0.25, 0.3) is 0 Å². The van der Waals surface area contributed by atoms with Crippen LogP contribution in [0.25, 0.3) is 0 Å². The third kappa shape index (κ3) is 3.48. The average Bonchev–Trinajstić information content (AvgIpc) is 2.99. The summed E-state index contributed by atoms with van der Waals surface area (Å²) in [5.74, 6) is 1.60. The highest BCUT2D eigenvalue weighted by Gasteiger charge is 2.35. The highest BCUT2D eigenvalue weighted by atomic mass is 15.2. The molecule has 2 atom stereocenters. The third-order valence-corrected chi connectivity index (χ3v) is 5.11. The molecule has 0 aromatic heterocycles. The van der Waals surface area contributed by atoms with Gasteiger partial charge in [-0.3, -0.25) is 4.90 Å². The topological polar surface area (TPSA) is 29.3 Å². The molecule has 0 aromatic carbocycles. The largest absolute Gasteiger partial charge is 0.330 e. The molecule has 2 rings (SSSR count). The number of hydrogen-bond acceptors (Lipinski definition) is 2. The van der Waals surface area contributed by atoms with E-state index in [1.807, 2.05) is 0 Å². The summed E-state index contributed by atoms with van der Waals surface area (Å²) in [4.78, 5) is 2.87. The van der Waals surface area contributed by atoms with Gasteiger partial charge in [0.15, 0.2) is 0 Å². The lowest BCUT2D eigenvalue weighted by Crippen LogP contribution is -2.46. The van der Waals surface area contributed by atoms with E-state index in [-0.39, 0.29) is 0 Å². The van der Waals surface area contributed by atoms with Gasteiger partial charge in [-0.15, -0.1) is 0 Å². The summed E-state index contributed by atoms with van der Waals surface area (Å²) < 4.78 is 0. The lowest BCUT2D eigenvalue weighted by molar-refractivity contribution is 0.103. The highest BCUT2D eigenvalue weighted by Crippen LogP contribution is 2.35. The van der Waals surface area contributed by atoms with Crippen molar-refractivity contribution >= 4 is 0 Å². The van der Waals surface area contributed by atoms with E-state index >= 15 is 0 Å². The molecule has 2 unspecified atom stereocenters. The van der Waals surface area contributed by atoms with Crippen LogP contribution >= 0.6 is 0 Å². The first-order valence-corrected chi connectivity index (χ1v) is 8.18. The normalized spacial score (nSPS) is 29.8. The monoisotopic (exact) mass is 252 g/mol. The fraction of sp³-hybridized carbons (Fsp3) is 1.00. The second-order valence-electron chi connectivity index (χ2n) is 6.85. The molecule has 2 heteroatoms. The lowest BCUT2D eigenvalue weighted by Gasteiger charge is -2.38. The minimum Gasteiger partial charge on any atom is -0.330 e. The maximum atomic E-state index is 5.99. The third-order valence-electron chi connectivity index (χ3n) is 5.11. The van der Waals surface area contributed by atoms with Crippen LogP contribution in [0, 0.1) is 11.8 Å². The van der Waals surface area contributed by atoms with E-state index in [9.17, 15) is 0 Å². The van der Waals surface area contributed by atoms with Crippen molar-refractivity contribution in [3.05, 3.63) is 0 Å². The Hall–Kier alpha value is -0.0800. The molecular weight excluding hydrogens is 220 g/mol. The highest BCUT2D eigenvalue weighted by molar-refractivity contribution is 4.90. The fourth-order valence-electron chi connectivity index (χ4n) is 3.99. The first-order valence-electron chi connectivity index (χ1n) is 8.18. The van der Waals surface area contributed by atoms with Crippen LogP contribution in [0.5, 0.6) is 0 Å².